The van der Waals surface area contributed by atoms with Gasteiger partial charge < -0.3 is 19.7 Å². The number of piperidine rings is 1. The van der Waals surface area contributed by atoms with E-state index >= 15 is 0 Å². The van der Waals surface area contributed by atoms with E-state index in [4.69, 9.17) is 32.2 Å². The summed E-state index contributed by atoms with van der Waals surface area (Å²) < 4.78 is 170. The first-order chi connectivity index (χ1) is 19.2. The van der Waals surface area contributed by atoms with Gasteiger partial charge in [0.25, 0.3) is 5.91 Å². The molecule has 1 fully saturated rings. The van der Waals surface area contributed by atoms with E-state index in [2.05, 4.69) is 4.74 Å². The van der Waals surface area contributed by atoms with Crippen molar-refractivity contribution in [2.45, 2.75) is 44.8 Å². The summed E-state index contributed by atoms with van der Waals surface area (Å²) in [5.41, 5.74) is -3.96. The molecule has 2 rings (SSSR count). The van der Waals surface area contributed by atoms with Crippen LogP contribution in [0.25, 0.3) is 0 Å². The van der Waals surface area contributed by atoms with Gasteiger partial charge in [-0.25, -0.2) is 4.79 Å². The number of hydrogen-bond acceptors (Lipinski definition) is 4. The predicted octanol–water partition coefficient (Wildman–Crippen LogP) is 2.44. The Balaban J connectivity index is 3.01. The van der Waals surface area contributed by atoms with Crippen molar-refractivity contribution in [1.82, 2.24) is 10.2 Å². The van der Waals surface area contributed by atoms with E-state index in [1.165, 1.54) is 0 Å². The minimum atomic E-state index is -4.56. The van der Waals surface area contributed by atoms with E-state index in [9.17, 15) is 9.59 Å². The molecular formula is C18H26N2O4. The molecule has 2 atom stereocenters. The monoisotopic (exact) mass is 354 g/mol. The van der Waals surface area contributed by atoms with E-state index < -0.39 is 109 Å². The lowest BCUT2D eigenvalue weighted by Gasteiger charge is -2.38. The minimum absolute atomic E-state index is 0.785. The fourth-order valence-electron chi connectivity index (χ4n) is 1.37. The smallest absolute Gasteiger partial charge is 0.410 e. The van der Waals surface area contributed by atoms with Crippen molar-refractivity contribution in [1.29, 1.82) is 0 Å². The van der Waals surface area contributed by atoms with E-state index in [0.29, 0.717) is 0 Å². The second-order valence-corrected chi connectivity index (χ2v) is 4.76. The fraction of sp³-hybridized carbons (Fsp3) is 0.556. The zero-order valence-electron chi connectivity index (χ0n) is 32.5. The molecule has 0 aliphatic carbocycles. The number of hydrogen-bond donors (Lipinski definition) is 1. The Bertz CT molecular complexity index is 1330. The third-order valence-corrected chi connectivity index (χ3v) is 2.27. The molecule has 1 heterocycles. The second-order valence-electron chi connectivity index (χ2n) is 4.76. The first kappa shape index (κ1) is 5.21. The highest BCUT2D eigenvalue weighted by molar-refractivity contribution is 5.94. The van der Waals surface area contributed by atoms with E-state index in [-0.39, 0.29) is 0 Å². The van der Waals surface area contributed by atoms with Crippen molar-refractivity contribution in [2.75, 3.05) is 20.0 Å². The number of methoxy groups -OCH3 is 1. The second kappa shape index (κ2) is 7.66. The minimum Gasteiger partial charge on any atom is -0.444 e. The summed E-state index contributed by atoms with van der Waals surface area (Å²) in [6.07, 6.45) is -11.3. The van der Waals surface area contributed by atoms with Gasteiger partial charge in [0.05, 0.1) is 35.0 Å². The molecular weight excluding hydrogens is 308 g/mol. The molecule has 2 unspecified atom stereocenters. The molecule has 1 aliphatic rings. The first-order valence-corrected chi connectivity index (χ1v) is 6.34. The maximum Gasteiger partial charge on any atom is 0.410 e. The van der Waals surface area contributed by atoms with Crippen LogP contribution in [0.5, 0.6) is 0 Å². The molecule has 2 amide bonds. The molecule has 1 aromatic rings. The van der Waals surface area contributed by atoms with Crippen LogP contribution in [-0.2, 0) is 9.47 Å². The molecule has 1 aliphatic heterocycles. The molecule has 1 N–H and O–H groups in total. The van der Waals surface area contributed by atoms with Crippen molar-refractivity contribution in [2.24, 2.45) is 0 Å². The van der Waals surface area contributed by atoms with Crippen molar-refractivity contribution in [3.8, 4) is 0 Å². The number of nitrogens with zero attached hydrogens (tertiary/aromatic N) is 1. The molecule has 1 aromatic carbocycles. The zero-order chi connectivity index (χ0) is 35.2. The van der Waals surface area contributed by atoms with E-state index in [1.807, 2.05) is 0 Å². The SMILES string of the molecule is [2H]c1c([2H])c([2H])c(C(=O)N([2H])C2([2H])C([2H])([2H])C([2H])([2H])N(C(=O)OC(C)(C)C([2H])([2H])[2H])C([2H])([2H])C2([2H])OC([2H])([2H])[2H])c([2H])c1[2H]. The van der Waals surface area contributed by atoms with Gasteiger partial charge in [0.2, 0.25) is 0 Å². The molecule has 6 heteroatoms. The number of rotatable bonds is 3. The van der Waals surface area contributed by atoms with Gasteiger partial charge in [-0.05, 0) is 39.2 Å². The van der Waals surface area contributed by atoms with Crippen LogP contribution in [-0.4, -0.2) is 54.6 Å². The first-order valence-electron chi connectivity index (χ1n) is 16.3. The Morgan fingerprint density at radius 2 is 2.25 bits per heavy atom. The van der Waals surface area contributed by atoms with Crippen LogP contribution in [0.15, 0.2) is 30.2 Å². The third-order valence-electron chi connectivity index (χ3n) is 2.27. The summed E-state index contributed by atoms with van der Waals surface area (Å²) >= 11 is 0. The Morgan fingerprint density at radius 3 is 2.92 bits per heavy atom. The Morgan fingerprint density at radius 1 is 1.50 bits per heavy atom. The predicted molar refractivity (Wildman–Crippen MR) is 90.9 cm³/mol. The molecule has 1 saturated heterocycles. The average molecular weight is 355 g/mol. The number of benzene rings is 1. The van der Waals surface area contributed by atoms with Gasteiger partial charge in [0.15, 0.2) is 1.41 Å². The number of carbonyl (C=O) groups excluding carboxylic acids is 2. The van der Waals surface area contributed by atoms with Gasteiger partial charge in [0, 0.05) is 28.7 Å². The normalized spacial score (nSPS) is 46.8. The molecule has 0 bridgehead atoms. The quantitative estimate of drug-likeness (QED) is 0.905. The fourth-order valence-corrected chi connectivity index (χ4v) is 1.37. The molecule has 0 spiro atoms. The number of nitrogens with one attached hydrogen (secondary N) is 1. The zero-order valence-corrected chi connectivity index (χ0v) is 12.5. The van der Waals surface area contributed by atoms with Crippen molar-refractivity contribution < 1.29 is 46.5 Å². The lowest BCUT2D eigenvalue weighted by Crippen LogP contribution is -2.56. The Hall–Kier alpha value is -2.08. The topological polar surface area (TPSA) is 67.9 Å². The Kier molecular flexibility index (Phi) is 1.66. The molecule has 6 nitrogen and oxygen atoms in total. The van der Waals surface area contributed by atoms with Gasteiger partial charge in [-0.3, -0.25) is 4.79 Å². The summed E-state index contributed by atoms with van der Waals surface area (Å²) in [5, 5.41) is -1.01. The summed E-state index contributed by atoms with van der Waals surface area (Å²) in [7, 11) is -4.00. The molecule has 0 aromatic heterocycles. The molecule has 0 radical (unpaired) electrons. The number of amides is 2. The third kappa shape index (κ3) is 4.96. The summed E-state index contributed by atoms with van der Waals surface area (Å²) in [5.74, 6) is -2.21. The maximum atomic E-state index is 13.5. The molecule has 0 saturated carbocycles. The summed E-state index contributed by atoms with van der Waals surface area (Å²) in [4.78, 5) is 25.8. The van der Waals surface area contributed by atoms with Crippen LogP contribution >= 0.6 is 0 Å². The van der Waals surface area contributed by atoms with Crippen molar-refractivity contribution in [3.63, 3.8) is 0 Å². The van der Waals surface area contributed by atoms with Crippen LogP contribution in [0.2, 0.25) is 1.41 Å². The maximum absolute atomic E-state index is 13.5. The highest BCUT2D eigenvalue weighted by atomic mass is 16.6. The largest absolute Gasteiger partial charge is 0.444 e. The highest BCUT2D eigenvalue weighted by Crippen LogP contribution is 2.18. The highest BCUT2D eigenvalue weighted by Gasteiger charge is 2.34. The lowest BCUT2D eigenvalue weighted by atomic mass is 10.0. The van der Waals surface area contributed by atoms with Crippen molar-refractivity contribution in [3.05, 3.63) is 35.8 Å². The van der Waals surface area contributed by atoms with Crippen LogP contribution in [0.3, 0.4) is 0 Å². The van der Waals surface area contributed by atoms with Crippen LogP contribution < -0.4 is 5.31 Å². The van der Waals surface area contributed by atoms with Gasteiger partial charge in [-0.15, -0.1) is 0 Å². The van der Waals surface area contributed by atoms with Crippen LogP contribution in [0.1, 0.15) is 63.5 Å². The van der Waals surface area contributed by atoms with E-state index in [0.717, 1.165) is 13.8 Å². The van der Waals surface area contributed by atoms with Gasteiger partial charge in [-0.2, -0.15) is 0 Å². The van der Waals surface area contributed by atoms with Crippen molar-refractivity contribution >= 4 is 12.0 Å². The van der Waals surface area contributed by atoms with Gasteiger partial charge >= 0.3 is 6.09 Å². The molecule has 24 heavy (non-hydrogen) atoms. The van der Waals surface area contributed by atoms with Crippen LogP contribution in [0.4, 0.5) is 4.79 Å². The summed E-state index contributed by atoms with van der Waals surface area (Å²) in [6.45, 7) is -10.3. The standard InChI is InChI=1S/C18H26N2O4/c1-18(2,3)24-17(22)20-11-10-14(15(12-20)23-4)19-16(21)13-8-6-5-7-9-13/h5-9,14-15H,10-12H2,1-4H3,(H,19,21)/i1D3,4D3,5D,6D,7D,8D,9D,10D2,11D2,12D2,14D,15D/hD. The van der Waals surface area contributed by atoms with Gasteiger partial charge in [-0.1, -0.05) is 18.1 Å². The summed E-state index contributed by atoms with van der Waals surface area (Å²) in [6, 6.07) is -10.5. The number of ether oxygens (including phenoxy) is 2. The molecule has 132 valence electrons. The number of carbonyl (C=O) groups is 2. The van der Waals surface area contributed by atoms with E-state index in [1.54, 1.807) is 0 Å². The average Bonchev–Trinajstić information content (AvgIpc) is 2.81. The van der Waals surface area contributed by atoms with Crippen LogP contribution in [0, 0.1) is 0 Å². The lowest BCUT2D eigenvalue weighted by molar-refractivity contribution is -0.0171. The number of likely N-dealkylation sites (tertiary alicyclic amines) is 1. The Labute approximate surface area is 171 Å². The van der Waals surface area contributed by atoms with Gasteiger partial charge in [0.1, 0.15) is 5.60 Å².